The first-order valence-electron chi connectivity index (χ1n) is 8.80. The number of fused-ring (bicyclic) bond motifs is 1. The molecule has 1 unspecified atom stereocenters. The van der Waals surface area contributed by atoms with Crippen LogP contribution in [0, 0.1) is 5.82 Å². The highest BCUT2D eigenvalue weighted by Crippen LogP contribution is 2.34. The summed E-state index contributed by atoms with van der Waals surface area (Å²) in [7, 11) is -3.54. The fourth-order valence-corrected chi connectivity index (χ4v) is 5.40. The van der Waals surface area contributed by atoms with Crippen molar-refractivity contribution in [3.8, 4) is 0 Å². The summed E-state index contributed by atoms with van der Waals surface area (Å²) in [5.74, 6) is -0.232. The molecule has 7 heteroatoms. The van der Waals surface area contributed by atoms with Gasteiger partial charge in [-0.3, -0.25) is 4.90 Å². The van der Waals surface area contributed by atoms with Crippen LogP contribution in [0.1, 0.15) is 18.4 Å². The summed E-state index contributed by atoms with van der Waals surface area (Å²) < 4.78 is 41.5. The molecule has 1 fully saturated rings. The van der Waals surface area contributed by atoms with Crippen molar-refractivity contribution in [2.24, 2.45) is 0 Å². The van der Waals surface area contributed by atoms with Crippen molar-refractivity contribution >= 4 is 16.1 Å². The maximum atomic E-state index is 13.0. The second kappa shape index (κ2) is 6.74. The first-order valence-corrected chi connectivity index (χ1v) is 10.3. The zero-order valence-electron chi connectivity index (χ0n) is 14.4. The molecule has 2 aliphatic heterocycles. The maximum absolute atomic E-state index is 13.0. The van der Waals surface area contributed by atoms with Crippen LogP contribution in [0.3, 0.4) is 0 Å². The van der Waals surface area contributed by atoms with Gasteiger partial charge in [0.2, 0.25) is 0 Å². The Morgan fingerprint density at radius 3 is 2.54 bits per heavy atom. The van der Waals surface area contributed by atoms with E-state index in [0.29, 0.717) is 17.1 Å². The average Bonchev–Trinajstić information content (AvgIpc) is 2.74. The number of para-hydroxylation sites is 1. The number of benzene rings is 2. The van der Waals surface area contributed by atoms with E-state index >= 15 is 0 Å². The van der Waals surface area contributed by atoms with Crippen molar-refractivity contribution < 1.29 is 13.2 Å². The summed E-state index contributed by atoms with van der Waals surface area (Å²) in [4.78, 5) is 2.59. The van der Waals surface area contributed by atoms with Crippen LogP contribution in [0.2, 0.25) is 0 Å². The van der Waals surface area contributed by atoms with Gasteiger partial charge < -0.3 is 9.87 Å². The number of halogens is 1. The van der Waals surface area contributed by atoms with Gasteiger partial charge in [-0.2, -0.15) is 0 Å². The van der Waals surface area contributed by atoms with E-state index in [0.717, 1.165) is 38.0 Å². The van der Waals surface area contributed by atoms with E-state index in [1.807, 2.05) is 6.07 Å². The van der Waals surface area contributed by atoms with Gasteiger partial charge in [-0.05, 0) is 42.7 Å². The number of nitrogens with zero attached hydrogens (tertiary/aromatic N) is 1. The number of sulfonamides is 1. The number of hydrogen-bond acceptors (Lipinski definition) is 4. The van der Waals surface area contributed by atoms with Crippen LogP contribution >= 0.6 is 0 Å². The van der Waals surface area contributed by atoms with E-state index in [4.69, 9.17) is 0 Å². The molecule has 5 nitrogen and oxygen atoms in total. The Morgan fingerprint density at radius 1 is 1.12 bits per heavy atom. The number of piperidine rings is 1. The Bertz CT molecular complexity index is 835. The molecule has 26 heavy (non-hydrogen) atoms. The van der Waals surface area contributed by atoms with Gasteiger partial charge in [0.1, 0.15) is 5.82 Å². The molecule has 1 spiro atoms. The van der Waals surface area contributed by atoms with E-state index in [1.54, 1.807) is 30.3 Å². The minimum Gasteiger partial charge on any atom is -0.593 e. The lowest BCUT2D eigenvalue weighted by molar-refractivity contribution is 0.150. The number of rotatable bonds is 2. The monoisotopic (exact) mass is 375 g/mol. The molecular weight excluding hydrogens is 353 g/mol. The van der Waals surface area contributed by atoms with Crippen LogP contribution in [0.4, 0.5) is 10.1 Å². The van der Waals surface area contributed by atoms with Crippen molar-refractivity contribution in [2.75, 3.05) is 25.0 Å². The fourth-order valence-electron chi connectivity index (χ4n) is 3.75. The smallest absolute Gasteiger partial charge is 0.198 e. The van der Waals surface area contributed by atoms with Crippen molar-refractivity contribution in [2.45, 2.75) is 29.8 Å². The highest BCUT2D eigenvalue weighted by atomic mass is 32.3. The van der Waals surface area contributed by atoms with Crippen molar-refractivity contribution in [3.63, 3.8) is 0 Å². The SMILES string of the molecule is O=[S+]1([O-])NC2(CCN(Cc3ccc(F)cc3)CC2)CNc2ccccc21. The number of likely N-dealkylation sites (tertiary alicyclic amines) is 1. The molecule has 0 amide bonds. The summed E-state index contributed by atoms with van der Waals surface area (Å²) in [5.41, 5.74) is 1.25. The van der Waals surface area contributed by atoms with Gasteiger partial charge in [0.05, 0.1) is 11.2 Å². The molecule has 0 radical (unpaired) electrons. The first kappa shape index (κ1) is 17.6. The second-order valence-corrected chi connectivity index (χ2v) is 8.79. The third-order valence-corrected chi connectivity index (χ3v) is 6.91. The lowest BCUT2D eigenvalue weighted by Crippen LogP contribution is -2.58. The molecule has 2 aromatic carbocycles. The number of hydrogen-bond donors (Lipinski definition) is 2. The molecule has 2 heterocycles. The molecule has 1 saturated heterocycles. The second-order valence-electron chi connectivity index (χ2n) is 7.14. The van der Waals surface area contributed by atoms with Crippen LogP contribution < -0.4 is 10.0 Å². The van der Waals surface area contributed by atoms with Crippen molar-refractivity contribution in [1.29, 1.82) is 0 Å². The van der Waals surface area contributed by atoms with E-state index in [9.17, 15) is 13.2 Å². The van der Waals surface area contributed by atoms with Crippen molar-refractivity contribution in [3.05, 3.63) is 59.9 Å². The summed E-state index contributed by atoms with van der Waals surface area (Å²) >= 11 is 0. The number of nitrogens with one attached hydrogen (secondary N) is 2. The quantitative estimate of drug-likeness (QED) is 0.792. The topological polar surface area (TPSA) is 67.4 Å². The molecule has 4 rings (SSSR count). The Kier molecular flexibility index (Phi) is 4.56. The van der Waals surface area contributed by atoms with Gasteiger partial charge in [0.15, 0.2) is 15.3 Å². The van der Waals surface area contributed by atoms with Gasteiger partial charge in [0, 0.05) is 26.2 Å². The normalized spacial score (nSPS) is 25.3. The molecule has 0 aliphatic carbocycles. The third-order valence-electron chi connectivity index (χ3n) is 5.28. The number of anilines is 1. The minimum absolute atomic E-state index is 0.232. The first-order chi connectivity index (χ1) is 12.5. The van der Waals surface area contributed by atoms with Gasteiger partial charge in [-0.1, -0.05) is 28.5 Å². The van der Waals surface area contributed by atoms with Gasteiger partial charge in [-0.25, -0.2) is 4.39 Å². The Labute approximate surface area is 154 Å². The van der Waals surface area contributed by atoms with Crippen LogP contribution in [0.25, 0.3) is 0 Å². The van der Waals surface area contributed by atoms with E-state index in [-0.39, 0.29) is 5.82 Å². The molecule has 0 aromatic heterocycles. The third kappa shape index (κ3) is 3.53. The molecule has 2 N–H and O–H groups in total. The Morgan fingerprint density at radius 2 is 1.81 bits per heavy atom. The van der Waals surface area contributed by atoms with Gasteiger partial charge >= 0.3 is 0 Å². The van der Waals surface area contributed by atoms with Gasteiger partial charge in [-0.15, -0.1) is 4.72 Å². The van der Waals surface area contributed by atoms with Crippen LogP contribution in [-0.2, 0) is 21.2 Å². The summed E-state index contributed by atoms with van der Waals surface area (Å²) in [6, 6.07) is 13.6. The largest absolute Gasteiger partial charge is 0.593 e. The molecule has 1 atom stereocenters. The Hall–Kier alpha value is -1.80. The van der Waals surface area contributed by atoms with Crippen molar-refractivity contribution in [1.82, 2.24) is 9.62 Å². The van der Waals surface area contributed by atoms with E-state index < -0.39 is 15.9 Å². The molecule has 138 valence electrons. The minimum atomic E-state index is -3.54. The average molecular weight is 375 g/mol. The zero-order valence-corrected chi connectivity index (χ0v) is 15.2. The van der Waals surface area contributed by atoms with Crippen LogP contribution in [0.5, 0.6) is 0 Å². The van der Waals surface area contributed by atoms with E-state index in [2.05, 4.69) is 14.9 Å². The molecule has 0 saturated carbocycles. The van der Waals surface area contributed by atoms with Crippen LogP contribution in [-0.4, -0.2) is 34.6 Å². The molecule has 2 aromatic rings. The maximum Gasteiger partial charge on any atom is 0.198 e. The highest BCUT2D eigenvalue weighted by Gasteiger charge is 2.44. The summed E-state index contributed by atoms with van der Waals surface area (Å²) in [6.07, 6.45) is 1.46. The zero-order chi connectivity index (χ0) is 18.2. The Balaban J connectivity index is 1.45. The molecular formula is C19H22FN3O2S. The molecule has 0 bridgehead atoms. The predicted octanol–water partition coefficient (Wildman–Crippen LogP) is 2.78. The predicted molar refractivity (Wildman–Crippen MR) is 98.8 cm³/mol. The lowest BCUT2D eigenvalue weighted by atomic mass is 9.88. The standard InChI is InChI=1S/C19H22FN3O2S/c20-16-7-5-15(6-8-16)13-23-11-9-19(10-12-23)14-21-17-3-1-2-4-18(17)26(24,25)22-19/h1-8,21H,9-14H2,(H-,22,24,25). The fraction of sp³-hybridized carbons (Fsp3) is 0.368. The highest BCUT2D eigenvalue weighted by molar-refractivity contribution is 7.96. The van der Waals surface area contributed by atoms with E-state index in [1.165, 1.54) is 12.1 Å². The van der Waals surface area contributed by atoms with Crippen LogP contribution in [0.15, 0.2) is 53.4 Å². The summed E-state index contributed by atoms with van der Waals surface area (Å²) in [6.45, 7) is 2.90. The lowest BCUT2D eigenvalue weighted by Gasteiger charge is -2.41. The molecule has 2 aliphatic rings. The summed E-state index contributed by atoms with van der Waals surface area (Å²) in [5, 5.41) is 3.31. The van der Waals surface area contributed by atoms with Gasteiger partial charge in [0.25, 0.3) is 0 Å².